The Labute approximate surface area is 164 Å². The average Bonchev–Trinajstić information content (AvgIpc) is 3.34. The normalized spacial score (nSPS) is 10.8. The van der Waals surface area contributed by atoms with Crippen LogP contribution in [0.25, 0.3) is 17.1 Å². The number of hydrogen-bond acceptors (Lipinski definition) is 7. The number of carbonyl (C=O) groups is 1. The molecular weight excluding hydrogens is 382 g/mol. The van der Waals surface area contributed by atoms with Crippen molar-refractivity contribution >= 4 is 17.6 Å². The molecule has 2 aromatic carbocycles. The first-order chi connectivity index (χ1) is 13.6. The van der Waals surface area contributed by atoms with E-state index in [1.54, 1.807) is 25.1 Å². The van der Waals surface area contributed by atoms with E-state index in [9.17, 15) is 4.79 Å². The van der Waals surface area contributed by atoms with Crippen LogP contribution in [0, 0.1) is 6.92 Å². The second-order valence-electron chi connectivity index (χ2n) is 5.83. The molecule has 0 bridgehead atoms. The molecule has 0 aliphatic carbocycles. The van der Waals surface area contributed by atoms with Gasteiger partial charge in [0.05, 0.1) is 16.4 Å². The van der Waals surface area contributed by atoms with Gasteiger partial charge in [-0.05, 0) is 31.2 Å². The largest absolute Gasteiger partial charge is 0.451 e. The molecular formula is C19H14ClN5O3. The van der Waals surface area contributed by atoms with Crippen molar-refractivity contribution in [1.82, 2.24) is 25.1 Å². The maximum Gasteiger partial charge on any atom is 0.361 e. The first kappa shape index (κ1) is 17.9. The van der Waals surface area contributed by atoms with Crippen molar-refractivity contribution in [1.29, 1.82) is 0 Å². The molecule has 140 valence electrons. The average molecular weight is 396 g/mol. The van der Waals surface area contributed by atoms with Crippen LogP contribution in [0.1, 0.15) is 22.1 Å². The SMILES string of the molecule is Cc1nn(-c2ccccc2)nc1C(=O)OCc1nc(-c2ccccc2Cl)no1. The highest BCUT2D eigenvalue weighted by Crippen LogP contribution is 2.25. The fraction of sp³-hybridized carbons (Fsp3) is 0.105. The van der Waals surface area contributed by atoms with Crippen molar-refractivity contribution in [2.24, 2.45) is 0 Å². The number of benzene rings is 2. The minimum Gasteiger partial charge on any atom is -0.451 e. The Kier molecular flexibility index (Phi) is 4.86. The molecule has 0 saturated heterocycles. The first-order valence-electron chi connectivity index (χ1n) is 8.36. The van der Waals surface area contributed by atoms with Gasteiger partial charge in [-0.1, -0.05) is 47.1 Å². The zero-order valence-corrected chi connectivity index (χ0v) is 15.5. The Balaban J connectivity index is 1.46. The van der Waals surface area contributed by atoms with E-state index < -0.39 is 5.97 Å². The highest BCUT2D eigenvalue weighted by atomic mass is 35.5. The number of hydrogen-bond donors (Lipinski definition) is 0. The molecule has 4 rings (SSSR count). The van der Waals surface area contributed by atoms with Gasteiger partial charge < -0.3 is 9.26 Å². The van der Waals surface area contributed by atoms with Crippen LogP contribution in [0.3, 0.4) is 0 Å². The quantitative estimate of drug-likeness (QED) is 0.476. The molecule has 0 aliphatic heterocycles. The Bertz CT molecular complexity index is 1120. The summed E-state index contributed by atoms with van der Waals surface area (Å²) in [7, 11) is 0. The summed E-state index contributed by atoms with van der Waals surface area (Å²) in [5.74, 6) is -0.156. The molecule has 28 heavy (non-hydrogen) atoms. The summed E-state index contributed by atoms with van der Waals surface area (Å²) in [4.78, 5) is 17.9. The topological polar surface area (TPSA) is 95.9 Å². The summed E-state index contributed by atoms with van der Waals surface area (Å²) >= 11 is 6.12. The molecule has 9 heteroatoms. The van der Waals surface area contributed by atoms with Crippen molar-refractivity contribution in [2.45, 2.75) is 13.5 Å². The number of ether oxygens (including phenoxy) is 1. The molecule has 0 aliphatic rings. The lowest BCUT2D eigenvalue weighted by Gasteiger charge is -1.99. The summed E-state index contributed by atoms with van der Waals surface area (Å²) in [6.45, 7) is 1.50. The standard InChI is InChI=1S/C19H14ClN5O3/c1-12-17(23-25(22-12)13-7-3-2-4-8-13)19(26)27-11-16-21-18(24-28-16)14-9-5-6-10-15(14)20/h2-10H,11H2,1H3. The molecule has 0 spiro atoms. The fourth-order valence-corrected chi connectivity index (χ4v) is 2.73. The van der Waals surface area contributed by atoms with Crippen molar-refractivity contribution in [3.8, 4) is 17.1 Å². The Hall–Kier alpha value is -3.52. The van der Waals surface area contributed by atoms with Crippen LogP contribution in [0.2, 0.25) is 5.02 Å². The molecule has 0 fully saturated rings. The summed E-state index contributed by atoms with van der Waals surface area (Å²) in [5.41, 5.74) is 1.95. The molecule has 0 atom stereocenters. The Morgan fingerprint density at radius 1 is 1.11 bits per heavy atom. The van der Waals surface area contributed by atoms with Gasteiger partial charge in [-0.25, -0.2) is 4.79 Å². The van der Waals surface area contributed by atoms with Gasteiger partial charge in [-0.15, -0.1) is 5.10 Å². The zero-order valence-electron chi connectivity index (χ0n) is 14.7. The van der Waals surface area contributed by atoms with Crippen LogP contribution in [-0.4, -0.2) is 31.1 Å². The number of aryl methyl sites for hydroxylation is 1. The Morgan fingerprint density at radius 2 is 1.86 bits per heavy atom. The van der Waals surface area contributed by atoms with Crippen molar-refractivity contribution in [2.75, 3.05) is 0 Å². The highest BCUT2D eigenvalue weighted by molar-refractivity contribution is 6.33. The van der Waals surface area contributed by atoms with Crippen molar-refractivity contribution in [3.63, 3.8) is 0 Å². The summed E-state index contributed by atoms with van der Waals surface area (Å²) in [5, 5.41) is 12.8. The predicted molar refractivity (Wildman–Crippen MR) is 100.0 cm³/mol. The van der Waals surface area contributed by atoms with Crippen LogP contribution in [0.5, 0.6) is 0 Å². The van der Waals surface area contributed by atoms with Gasteiger partial charge in [0, 0.05) is 5.56 Å². The number of nitrogens with zero attached hydrogens (tertiary/aromatic N) is 5. The van der Waals surface area contributed by atoms with Crippen molar-refractivity contribution < 1.29 is 14.1 Å². The molecule has 0 unspecified atom stereocenters. The fourth-order valence-electron chi connectivity index (χ4n) is 2.51. The molecule has 4 aromatic rings. The maximum absolute atomic E-state index is 12.4. The van der Waals surface area contributed by atoms with E-state index in [1.165, 1.54) is 4.80 Å². The Morgan fingerprint density at radius 3 is 2.64 bits per heavy atom. The highest BCUT2D eigenvalue weighted by Gasteiger charge is 2.19. The molecule has 0 saturated carbocycles. The van der Waals surface area contributed by atoms with Gasteiger partial charge in [0.15, 0.2) is 12.3 Å². The second kappa shape index (κ2) is 7.61. The van der Waals surface area contributed by atoms with Crippen LogP contribution in [0.15, 0.2) is 59.1 Å². The summed E-state index contributed by atoms with van der Waals surface area (Å²) < 4.78 is 10.4. The van der Waals surface area contributed by atoms with Crippen LogP contribution in [0.4, 0.5) is 0 Å². The maximum atomic E-state index is 12.4. The molecule has 8 nitrogen and oxygen atoms in total. The van der Waals surface area contributed by atoms with Crippen LogP contribution in [-0.2, 0) is 11.3 Å². The summed E-state index contributed by atoms with van der Waals surface area (Å²) in [6.07, 6.45) is 0. The molecule has 0 N–H and O–H groups in total. The third-order valence-corrected chi connectivity index (χ3v) is 4.20. The van der Waals surface area contributed by atoms with Gasteiger partial charge in [-0.3, -0.25) is 0 Å². The monoisotopic (exact) mass is 395 g/mol. The van der Waals surface area contributed by atoms with E-state index in [-0.39, 0.29) is 18.2 Å². The lowest BCUT2D eigenvalue weighted by molar-refractivity contribution is 0.0421. The minimum absolute atomic E-state index is 0.120. The van der Waals surface area contributed by atoms with E-state index >= 15 is 0 Å². The molecule has 0 amide bonds. The summed E-state index contributed by atoms with van der Waals surface area (Å²) in [6, 6.07) is 16.4. The third kappa shape index (κ3) is 3.63. The second-order valence-corrected chi connectivity index (χ2v) is 6.23. The zero-order chi connectivity index (χ0) is 19.5. The van der Waals surface area contributed by atoms with Gasteiger partial charge >= 0.3 is 5.97 Å². The lowest BCUT2D eigenvalue weighted by Crippen LogP contribution is -2.08. The number of halogens is 1. The van der Waals surface area contributed by atoms with Crippen LogP contribution >= 0.6 is 11.6 Å². The molecule has 2 heterocycles. The van der Waals surface area contributed by atoms with Crippen LogP contribution < -0.4 is 0 Å². The number of esters is 1. The number of carbonyl (C=O) groups excluding carboxylic acids is 1. The number of rotatable bonds is 5. The smallest absolute Gasteiger partial charge is 0.361 e. The number of aromatic nitrogens is 5. The minimum atomic E-state index is -0.628. The molecule has 0 radical (unpaired) electrons. The first-order valence-corrected chi connectivity index (χ1v) is 8.73. The lowest BCUT2D eigenvalue weighted by atomic mass is 10.2. The van der Waals surface area contributed by atoms with E-state index in [1.807, 2.05) is 36.4 Å². The molecule has 2 aromatic heterocycles. The van der Waals surface area contributed by atoms with Gasteiger partial charge in [0.25, 0.3) is 5.89 Å². The number of para-hydroxylation sites is 1. The van der Waals surface area contributed by atoms with Crippen molar-refractivity contribution in [3.05, 3.63) is 76.9 Å². The van der Waals surface area contributed by atoms with E-state index in [0.29, 0.717) is 22.1 Å². The van der Waals surface area contributed by atoms with E-state index in [2.05, 4.69) is 20.3 Å². The third-order valence-electron chi connectivity index (χ3n) is 3.87. The van der Waals surface area contributed by atoms with E-state index in [0.717, 1.165) is 5.69 Å². The van der Waals surface area contributed by atoms with Gasteiger partial charge in [0.1, 0.15) is 0 Å². The predicted octanol–water partition coefficient (Wildman–Crippen LogP) is 3.64. The van der Waals surface area contributed by atoms with Gasteiger partial charge in [0.2, 0.25) is 5.82 Å². The van der Waals surface area contributed by atoms with E-state index in [4.69, 9.17) is 20.9 Å². The van der Waals surface area contributed by atoms with Gasteiger partial charge in [-0.2, -0.15) is 14.9 Å².